The Morgan fingerprint density at radius 2 is 2.18 bits per heavy atom. The Morgan fingerprint density at radius 3 is 2.88 bits per heavy atom. The van der Waals surface area contributed by atoms with Gasteiger partial charge in [-0.05, 0) is 19.9 Å². The van der Waals surface area contributed by atoms with Crippen LogP contribution in [0.2, 0.25) is 0 Å². The Hall–Kier alpha value is -1.14. The summed E-state index contributed by atoms with van der Waals surface area (Å²) in [5.74, 6) is -0.161. The van der Waals surface area contributed by atoms with Gasteiger partial charge in [0.1, 0.15) is 0 Å². The van der Waals surface area contributed by atoms with E-state index in [0.29, 0.717) is 12.6 Å². The van der Waals surface area contributed by atoms with Crippen LogP contribution in [0.25, 0.3) is 0 Å². The van der Waals surface area contributed by atoms with E-state index in [1.165, 1.54) is 0 Å². The molecule has 3 atom stereocenters. The van der Waals surface area contributed by atoms with Crippen molar-refractivity contribution < 1.29 is 9.59 Å². The van der Waals surface area contributed by atoms with Crippen LogP contribution in [0.1, 0.15) is 12.8 Å². The maximum absolute atomic E-state index is 12.1. The second-order valence-corrected chi connectivity index (χ2v) is 5.38. The second kappa shape index (κ2) is 3.96. The van der Waals surface area contributed by atoms with Crippen molar-refractivity contribution in [3.63, 3.8) is 0 Å². The fourth-order valence-corrected chi connectivity index (χ4v) is 2.73. The van der Waals surface area contributed by atoms with E-state index in [-0.39, 0.29) is 29.7 Å². The lowest BCUT2D eigenvalue weighted by atomic mass is 9.84. The Bertz CT molecular complexity index is 355. The van der Waals surface area contributed by atoms with Gasteiger partial charge in [0.05, 0.1) is 17.9 Å². The third kappa shape index (κ3) is 2.02. The number of fused-ring (bicyclic) bond motifs is 1. The minimum atomic E-state index is -0.140. The molecule has 0 radical (unpaired) electrons. The maximum atomic E-state index is 12.1. The average molecular weight is 238 g/mol. The van der Waals surface area contributed by atoms with E-state index in [1.54, 1.807) is 0 Å². The highest BCUT2D eigenvalue weighted by molar-refractivity contribution is 5.86. The van der Waals surface area contributed by atoms with E-state index in [2.05, 4.69) is 21.1 Å². The van der Waals surface area contributed by atoms with Gasteiger partial charge in [-0.1, -0.05) is 0 Å². The molecule has 2 aliphatic heterocycles. The Labute approximate surface area is 100 Å². The summed E-state index contributed by atoms with van der Waals surface area (Å²) in [6, 6.07) is 0.315. The molecule has 0 aromatic heterocycles. The molecule has 94 valence electrons. The summed E-state index contributed by atoms with van der Waals surface area (Å²) in [6.07, 6.45) is 2.18. The number of rotatable bonds is 2. The lowest BCUT2D eigenvalue weighted by molar-refractivity contribution is -0.129. The zero-order valence-electron chi connectivity index (χ0n) is 9.90. The molecule has 17 heavy (non-hydrogen) atoms. The Morgan fingerprint density at radius 1 is 1.41 bits per heavy atom. The number of hydrazine groups is 1. The highest BCUT2D eigenvalue weighted by Gasteiger charge is 2.47. The number of hydrogen-bond donors (Lipinski definition) is 3. The van der Waals surface area contributed by atoms with Gasteiger partial charge >= 0.3 is 0 Å². The van der Waals surface area contributed by atoms with Crippen LogP contribution in [-0.4, -0.2) is 48.9 Å². The van der Waals surface area contributed by atoms with Gasteiger partial charge in [0.2, 0.25) is 11.8 Å². The van der Waals surface area contributed by atoms with Crippen molar-refractivity contribution in [2.24, 2.45) is 11.8 Å². The summed E-state index contributed by atoms with van der Waals surface area (Å²) in [4.78, 5) is 25.8. The van der Waals surface area contributed by atoms with E-state index in [0.717, 1.165) is 19.4 Å². The van der Waals surface area contributed by atoms with Crippen molar-refractivity contribution in [1.29, 1.82) is 0 Å². The monoisotopic (exact) mass is 238 g/mol. The molecular formula is C11H18N4O2. The number of hydrogen-bond acceptors (Lipinski definition) is 4. The van der Waals surface area contributed by atoms with Crippen LogP contribution in [0.3, 0.4) is 0 Å². The van der Waals surface area contributed by atoms with Crippen LogP contribution in [0.15, 0.2) is 0 Å². The second-order valence-electron chi connectivity index (χ2n) is 5.38. The van der Waals surface area contributed by atoms with E-state index < -0.39 is 0 Å². The predicted molar refractivity (Wildman–Crippen MR) is 60.7 cm³/mol. The third-order valence-corrected chi connectivity index (χ3v) is 3.84. The molecule has 3 N–H and O–H groups in total. The molecule has 0 spiro atoms. The van der Waals surface area contributed by atoms with Crippen LogP contribution >= 0.6 is 0 Å². The first kappa shape index (κ1) is 11.0. The van der Waals surface area contributed by atoms with E-state index >= 15 is 0 Å². The summed E-state index contributed by atoms with van der Waals surface area (Å²) in [5.41, 5.74) is 5.61. The normalized spacial score (nSPS) is 37.5. The van der Waals surface area contributed by atoms with Crippen molar-refractivity contribution in [3.05, 3.63) is 0 Å². The first-order chi connectivity index (χ1) is 8.15. The molecule has 0 aromatic rings. The van der Waals surface area contributed by atoms with Crippen LogP contribution in [0.4, 0.5) is 0 Å². The van der Waals surface area contributed by atoms with Gasteiger partial charge < -0.3 is 10.2 Å². The van der Waals surface area contributed by atoms with Gasteiger partial charge in [-0.15, -0.1) is 0 Å². The number of nitrogens with one attached hydrogen (secondary N) is 3. The standard InChI is InChI=1S/C11H18N4O2/c1-15-4-7(10(16)12-6-2-3-6)9-8(5-15)11(17)14-13-9/h6-9,13H,2-5H2,1H3,(H,12,16)(H,14,17). The van der Waals surface area contributed by atoms with Gasteiger partial charge in [0.15, 0.2) is 0 Å². The van der Waals surface area contributed by atoms with Crippen LogP contribution in [-0.2, 0) is 9.59 Å². The Kier molecular flexibility index (Phi) is 2.56. The van der Waals surface area contributed by atoms with Crippen molar-refractivity contribution in [1.82, 2.24) is 21.1 Å². The number of likely N-dealkylation sites (tertiary alicyclic amines) is 1. The third-order valence-electron chi connectivity index (χ3n) is 3.84. The summed E-state index contributed by atoms with van der Waals surface area (Å²) in [7, 11) is 1.96. The first-order valence-corrected chi connectivity index (χ1v) is 6.19. The summed E-state index contributed by atoms with van der Waals surface area (Å²) in [6.45, 7) is 1.43. The van der Waals surface area contributed by atoms with Crippen molar-refractivity contribution in [2.45, 2.75) is 24.9 Å². The molecule has 6 heteroatoms. The number of piperidine rings is 1. The molecule has 0 bridgehead atoms. The average Bonchev–Trinajstić information content (AvgIpc) is 3.03. The predicted octanol–water partition coefficient (Wildman–Crippen LogP) is -1.55. The molecule has 3 unspecified atom stereocenters. The number of carbonyl (C=O) groups excluding carboxylic acids is 2. The van der Waals surface area contributed by atoms with Crippen molar-refractivity contribution >= 4 is 11.8 Å². The van der Waals surface area contributed by atoms with Gasteiger partial charge in [0, 0.05) is 19.1 Å². The molecular weight excluding hydrogens is 220 g/mol. The SMILES string of the molecule is CN1CC2C(=O)NNC2C(C(=O)NC2CC2)C1. The summed E-state index contributed by atoms with van der Waals surface area (Å²) in [5, 5.41) is 3.03. The zero-order valence-corrected chi connectivity index (χ0v) is 9.90. The highest BCUT2D eigenvalue weighted by Crippen LogP contribution is 2.26. The molecule has 2 amide bonds. The molecule has 3 fully saturated rings. The number of nitrogens with zero attached hydrogens (tertiary/aromatic N) is 1. The number of carbonyl (C=O) groups is 2. The topological polar surface area (TPSA) is 73.5 Å². The summed E-state index contributed by atoms with van der Waals surface area (Å²) < 4.78 is 0. The molecule has 0 aromatic carbocycles. The van der Waals surface area contributed by atoms with Gasteiger partial charge in [-0.2, -0.15) is 0 Å². The highest BCUT2D eigenvalue weighted by atomic mass is 16.2. The van der Waals surface area contributed by atoms with Crippen molar-refractivity contribution in [3.8, 4) is 0 Å². The van der Waals surface area contributed by atoms with Crippen LogP contribution in [0, 0.1) is 11.8 Å². The van der Waals surface area contributed by atoms with Gasteiger partial charge in [-0.3, -0.25) is 15.0 Å². The van der Waals surface area contributed by atoms with E-state index in [1.807, 2.05) is 7.05 Å². The molecule has 3 rings (SSSR count). The fourth-order valence-electron chi connectivity index (χ4n) is 2.73. The lowest BCUT2D eigenvalue weighted by Crippen LogP contribution is -2.56. The van der Waals surface area contributed by atoms with E-state index in [9.17, 15) is 9.59 Å². The molecule has 1 aliphatic carbocycles. The largest absolute Gasteiger partial charge is 0.353 e. The smallest absolute Gasteiger partial charge is 0.240 e. The van der Waals surface area contributed by atoms with Gasteiger partial charge in [-0.25, -0.2) is 5.43 Å². The lowest BCUT2D eigenvalue weighted by Gasteiger charge is -2.36. The Balaban J connectivity index is 1.72. The van der Waals surface area contributed by atoms with Crippen LogP contribution < -0.4 is 16.2 Å². The van der Waals surface area contributed by atoms with Crippen molar-refractivity contribution in [2.75, 3.05) is 20.1 Å². The molecule has 2 heterocycles. The van der Waals surface area contributed by atoms with Crippen LogP contribution in [0.5, 0.6) is 0 Å². The fraction of sp³-hybridized carbons (Fsp3) is 0.818. The first-order valence-electron chi connectivity index (χ1n) is 6.19. The zero-order chi connectivity index (χ0) is 12.0. The molecule has 2 saturated heterocycles. The maximum Gasteiger partial charge on any atom is 0.240 e. The van der Waals surface area contributed by atoms with Gasteiger partial charge in [0.25, 0.3) is 0 Å². The quantitative estimate of drug-likeness (QED) is 0.544. The summed E-state index contributed by atoms with van der Waals surface area (Å²) >= 11 is 0. The molecule has 6 nitrogen and oxygen atoms in total. The number of amides is 2. The minimum Gasteiger partial charge on any atom is -0.353 e. The molecule has 3 aliphatic rings. The minimum absolute atomic E-state index is 0.00534. The van der Waals surface area contributed by atoms with E-state index in [4.69, 9.17) is 0 Å². The molecule has 1 saturated carbocycles.